The third-order valence-electron chi connectivity index (χ3n) is 5.05. The van der Waals surface area contributed by atoms with Crippen molar-refractivity contribution in [3.05, 3.63) is 0 Å². The molecule has 2 aliphatic heterocycles. The molecule has 1 atom stereocenters. The van der Waals surface area contributed by atoms with Crippen molar-refractivity contribution in [2.45, 2.75) is 39.7 Å². The highest BCUT2D eigenvalue weighted by molar-refractivity contribution is 5.88. The van der Waals surface area contributed by atoms with Gasteiger partial charge >= 0.3 is 0 Å². The Hall–Kier alpha value is -1.47. The van der Waals surface area contributed by atoms with Crippen LogP contribution in [0.2, 0.25) is 0 Å². The second kappa shape index (κ2) is 9.29. The summed E-state index contributed by atoms with van der Waals surface area (Å²) in [6, 6.07) is -0.423. The topological polar surface area (TPSA) is 79.0 Å². The average Bonchev–Trinajstić information content (AvgIpc) is 2.60. The summed E-state index contributed by atoms with van der Waals surface area (Å²) in [5.41, 5.74) is 0. The van der Waals surface area contributed by atoms with Crippen molar-refractivity contribution in [2.24, 2.45) is 11.8 Å². The Labute approximate surface area is 150 Å². The number of amides is 2. The van der Waals surface area contributed by atoms with Gasteiger partial charge in [-0.2, -0.15) is 0 Å². The molecule has 7 nitrogen and oxygen atoms in total. The molecule has 0 aliphatic carbocycles. The van der Waals surface area contributed by atoms with E-state index in [0.717, 1.165) is 25.9 Å². The summed E-state index contributed by atoms with van der Waals surface area (Å²) in [5.74, 6) is 0.227. The van der Waals surface area contributed by atoms with E-state index in [4.69, 9.17) is 4.74 Å². The molecule has 0 saturated carbocycles. The van der Waals surface area contributed by atoms with Crippen LogP contribution in [-0.4, -0.2) is 79.4 Å². The molecule has 0 radical (unpaired) electrons. The molecule has 0 aromatic heterocycles. The number of carbonyl (C=O) groups excluding carboxylic acids is 3. The fraction of sp³-hybridized carbons (Fsp3) is 0.833. The molecule has 0 aromatic carbocycles. The molecule has 2 rings (SSSR count). The Bertz CT molecular complexity index is 481. The summed E-state index contributed by atoms with van der Waals surface area (Å²) < 4.78 is 5.29. The standard InChI is InChI=1S/C18H31N3O4/c1-13(2)17(14(3)22)19-16(23)12-20-6-4-15(5-7-20)18(24)21-8-10-25-11-9-21/h13,15,17H,4-12H2,1-3H3,(H,19,23). The van der Waals surface area contributed by atoms with Crippen LogP contribution in [0.25, 0.3) is 0 Å². The molecule has 0 aromatic rings. The van der Waals surface area contributed by atoms with Crippen molar-refractivity contribution < 1.29 is 19.1 Å². The molecule has 1 unspecified atom stereocenters. The predicted octanol–water partition coefficient (Wildman–Crippen LogP) is 0.287. The maximum Gasteiger partial charge on any atom is 0.234 e. The van der Waals surface area contributed by atoms with Gasteiger partial charge in [-0.15, -0.1) is 0 Å². The normalized spacial score (nSPS) is 21.2. The summed E-state index contributed by atoms with van der Waals surface area (Å²) in [6.07, 6.45) is 1.56. The highest BCUT2D eigenvalue weighted by Crippen LogP contribution is 2.20. The van der Waals surface area contributed by atoms with Crippen LogP contribution < -0.4 is 5.32 Å². The molecule has 2 amide bonds. The lowest BCUT2D eigenvalue weighted by molar-refractivity contribution is -0.141. The van der Waals surface area contributed by atoms with Gasteiger partial charge in [-0.1, -0.05) is 13.8 Å². The van der Waals surface area contributed by atoms with E-state index in [9.17, 15) is 14.4 Å². The zero-order valence-corrected chi connectivity index (χ0v) is 15.6. The van der Waals surface area contributed by atoms with Crippen LogP contribution >= 0.6 is 0 Å². The van der Waals surface area contributed by atoms with Gasteiger partial charge in [0.2, 0.25) is 11.8 Å². The largest absolute Gasteiger partial charge is 0.378 e. The molecule has 0 spiro atoms. The first kappa shape index (κ1) is 19.8. The van der Waals surface area contributed by atoms with E-state index in [1.807, 2.05) is 18.7 Å². The number of nitrogens with zero attached hydrogens (tertiary/aromatic N) is 2. The van der Waals surface area contributed by atoms with Gasteiger partial charge in [0.15, 0.2) is 5.78 Å². The minimum Gasteiger partial charge on any atom is -0.378 e. The van der Waals surface area contributed by atoms with Crippen LogP contribution in [0.15, 0.2) is 0 Å². The lowest BCUT2D eigenvalue weighted by atomic mass is 9.95. The van der Waals surface area contributed by atoms with Crippen LogP contribution in [0.3, 0.4) is 0 Å². The number of Topliss-reactive ketones (excluding diaryl/α,β-unsaturated/α-hetero) is 1. The van der Waals surface area contributed by atoms with Crippen LogP contribution in [0.5, 0.6) is 0 Å². The number of carbonyl (C=O) groups is 3. The van der Waals surface area contributed by atoms with E-state index < -0.39 is 6.04 Å². The Morgan fingerprint density at radius 1 is 1.08 bits per heavy atom. The molecule has 2 saturated heterocycles. The van der Waals surface area contributed by atoms with E-state index in [1.54, 1.807) is 0 Å². The van der Waals surface area contributed by atoms with Gasteiger partial charge in [0.25, 0.3) is 0 Å². The zero-order chi connectivity index (χ0) is 18.4. The number of likely N-dealkylation sites (tertiary alicyclic amines) is 1. The third-order valence-corrected chi connectivity index (χ3v) is 5.05. The van der Waals surface area contributed by atoms with Gasteiger partial charge in [-0.3, -0.25) is 19.3 Å². The summed E-state index contributed by atoms with van der Waals surface area (Å²) in [5, 5.41) is 2.83. The van der Waals surface area contributed by atoms with E-state index in [2.05, 4.69) is 10.2 Å². The molecular formula is C18H31N3O4. The maximum atomic E-state index is 12.5. The van der Waals surface area contributed by atoms with Gasteiger partial charge in [0.1, 0.15) is 0 Å². The van der Waals surface area contributed by atoms with Gasteiger partial charge in [0, 0.05) is 19.0 Å². The van der Waals surface area contributed by atoms with Crippen molar-refractivity contribution in [2.75, 3.05) is 45.9 Å². The highest BCUT2D eigenvalue weighted by Gasteiger charge is 2.30. The quantitative estimate of drug-likeness (QED) is 0.742. The maximum absolute atomic E-state index is 12.5. The van der Waals surface area contributed by atoms with Crippen molar-refractivity contribution in [3.8, 4) is 0 Å². The fourth-order valence-corrected chi connectivity index (χ4v) is 3.54. The monoisotopic (exact) mass is 353 g/mol. The number of hydrogen-bond acceptors (Lipinski definition) is 5. The molecule has 25 heavy (non-hydrogen) atoms. The number of piperidine rings is 1. The minimum absolute atomic E-state index is 0.0156. The summed E-state index contributed by atoms with van der Waals surface area (Å²) in [4.78, 5) is 40.3. The summed E-state index contributed by atoms with van der Waals surface area (Å²) >= 11 is 0. The summed E-state index contributed by atoms with van der Waals surface area (Å²) in [6.45, 7) is 9.73. The van der Waals surface area contributed by atoms with E-state index in [1.165, 1.54) is 6.92 Å². The number of ether oxygens (including phenoxy) is 1. The van der Waals surface area contributed by atoms with Crippen LogP contribution in [0, 0.1) is 11.8 Å². The minimum atomic E-state index is -0.423. The van der Waals surface area contributed by atoms with Crippen molar-refractivity contribution >= 4 is 17.6 Å². The molecule has 2 heterocycles. The Morgan fingerprint density at radius 3 is 2.20 bits per heavy atom. The molecule has 1 N–H and O–H groups in total. The van der Waals surface area contributed by atoms with Crippen molar-refractivity contribution in [3.63, 3.8) is 0 Å². The third kappa shape index (κ3) is 5.78. The Kier molecular flexibility index (Phi) is 7.38. The number of nitrogens with one attached hydrogen (secondary N) is 1. The summed E-state index contributed by atoms with van der Waals surface area (Å²) in [7, 11) is 0. The van der Waals surface area contributed by atoms with Crippen molar-refractivity contribution in [1.29, 1.82) is 0 Å². The van der Waals surface area contributed by atoms with E-state index >= 15 is 0 Å². The first-order valence-electron chi connectivity index (χ1n) is 9.27. The van der Waals surface area contributed by atoms with E-state index in [0.29, 0.717) is 26.3 Å². The second-order valence-corrected chi connectivity index (χ2v) is 7.39. The van der Waals surface area contributed by atoms with Gasteiger partial charge in [0.05, 0.1) is 25.8 Å². The van der Waals surface area contributed by atoms with E-state index in [-0.39, 0.29) is 36.0 Å². The van der Waals surface area contributed by atoms with Crippen molar-refractivity contribution in [1.82, 2.24) is 15.1 Å². The average molecular weight is 353 g/mol. The first-order valence-corrected chi connectivity index (χ1v) is 9.27. The highest BCUT2D eigenvalue weighted by atomic mass is 16.5. The number of ketones is 1. The lowest BCUT2D eigenvalue weighted by Gasteiger charge is -2.35. The molecule has 7 heteroatoms. The van der Waals surface area contributed by atoms with Gasteiger partial charge < -0.3 is 15.0 Å². The molecule has 0 bridgehead atoms. The molecular weight excluding hydrogens is 322 g/mol. The van der Waals surface area contributed by atoms with Crippen LogP contribution in [-0.2, 0) is 19.1 Å². The smallest absolute Gasteiger partial charge is 0.234 e. The lowest BCUT2D eigenvalue weighted by Crippen LogP contribution is -2.50. The van der Waals surface area contributed by atoms with Crippen LogP contribution in [0.1, 0.15) is 33.6 Å². The molecule has 2 aliphatic rings. The molecule has 142 valence electrons. The van der Waals surface area contributed by atoms with Gasteiger partial charge in [-0.25, -0.2) is 0 Å². The Balaban J connectivity index is 1.75. The Morgan fingerprint density at radius 2 is 1.68 bits per heavy atom. The molecule has 2 fully saturated rings. The second-order valence-electron chi connectivity index (χ2n) is 7.39. The van der Waals surface area contributed by atoms with Gasteiger partial charge in [-0.05, 0) is 38.8 Å². The number of rotatable bonds is 6. The first-order chi connectivity index (χ1) is 11.9. The zero-order valence-electron chi connectivity index (χ0n) is 15.6. The predicted molar refractivity (Wildman–Crippen MR) is 94.0 cm³/mol. The SMILES string of the molecule is CC(=O)C(NC(=O)CN1CCC(C(=O)N2CCOCC2)CC1)C(C)C. The number of morpholine rings is 1. The fourth-order valence-electron chi connectivity index (χ4n) is 3.54. The number of hydrogen-bond donors (Lipinski definition) is 1. The van der Waals surface area contributed by atoms with Crippen LogP contribution in [0.4, 0.5) is 0 Å².